The summed E-state index contributed by atoms with van der Waals surface area (Å²) in [5.41, 5.74) is 3.86. The predicted octanol–water partition coefficient (Wildman–Crippen LogP) is 2.98. The van der Waals surface area contributed by atoms with Gasteiger partial charge in [0.1, 0.15) is 5.69 Å². The zero-order chi connectivity index (χ0) is 16.8. The van der Waals surface area contributed by atoms with E-state index in [1.807, 2.05) is 15.5 Å². The number of likely N-dealkylation sites (tertiary alicyclic amines) is 1. The van der Waals surface area contributed by atoms with E-state index in [9.17, 15) is 4.79 Å². The van der Waals surface area contributed by atoms with Crippen LogP contribution in [0.3, 0.4) is 0 Å². The minimum Gasteiger partial charge on any atom is -0.330 e. The molecule has 25 heavy (non-hydrogen) atoms. The van der Waals surface area contributed by atoms with Crippen molar-refractivity contribution < 1.29 is 4.79 Å². The fraction of sp³-hybridized carbons (Fsp3) is 0.368. The second-order valence-corrected chi connectivity index (χ2v) is 6.94. The lowest BCUT2D eigenvalue weighted by Gasteiger charge is -2.23. The molecule has 2 fully saturated rings. The number of pyridine rings is 2. The second-order valence-electron chi connectivity index (χ2n) is 6.94. The van der Waals surface area contributed by atoms with E-state index in [0.717, 1.165) is 30.6 Å². The van der Waals surface area contributed by atoms with Gasteiger partial charge in [0, 0.05) is 25.1 Å². The van der Waals surface area contributed by atoms with Crippen molar-refractivity contribution in [1.82, 2.24) is 24.7 Å². The molecule has 0 spiro atoms. The highest BCUT2D eigenvalue weighted by Gasteiger charge is 2.34. The van der Waals surface area contributed by atoms with Gasteiger partial charge in [-0.2, -0.15) is 0 Å². The van der Waals surface area contributed by atoms with Gasteiger partial charge in [-0.3, -0.25) is 9.78 Å². The fourth-order valence-corrected chi connectivity index (χ4v) is 3.77. The Bertz CT molecular complexity index is 931. The number of hydrogen-bond acceptors (Lipinski definition) is 4. The van der Waals surface area contributed by atoms with Gasteiger partial charge in [-0.25, -0.2) is 4.52 Å². The molecule has 0 radical (unpaired) electrons. The number of amides is 1. The zero-order valence-corrected chi connectivity index (χ0v) is 13.9. The molecule has 1 saturated heterocycles. The molecule has 2 aliphatic rings. The average molecular weight is 333 g/mol. The van der Waals surface area contributed by atoms with Gasteiger partial charge in [-0.1, -0.05) is 11.3 Å². The largest absolute Gasteiger partial charge is 0.330 e. The molecular formula is C19H19N5O. The summed E-state index contributed by atoms with van der Waals surface area (Å²) in [6.45, 7) is 0.748. The number of carbonyl (C=O) groups is 1. The first-order valence-corrected chi connectivity index (χ1v) is 8.87. The quantitative estimate of drug-likeness (QED) is 0.739. The van der Waals surface area contributed by atoms with E-state index in [4.69, 9.17) is 0 Å². The number of hydrogen-bond donors (Lipinski definition) is 0. The molecule has 6 heteroatoms. The molecule has 1 aliphatic heterocycles. The Balaban J connectivity index is 1.49. The number of aromatic nitrogens is 4. The molecule has 6 nitrogen and oxygen atoms in total. The van der Waals surface area contributed by atoms with Crippen LogP contribution in [0.15, 0.2) is 42.9 Å². The smallest absolute Gasteiger partial charge is 0.255 e. The Labute approximate surface area is 145 Å². The molecule has 4 heterocycles. The Morgan fingerprint density at radius 2 is 2.08 bits per heavy atom. The summed E-state index contributed by atoms with van der Waals surface area (Å²) >= 11 is 0. The van der Waals surface area contributed by atoms with E-state index in [2.05, 4.69) is 33.6 Å². The first-order chi connectivity index (χ1) is 12.3. The third kappa shape index (κ3) is 2.49. The lowest BCUT2D eigenvalue weighted by atomic mass is 10.1. The summed E-state index contributed by atoms with van der Waals surface area (Å²) in [4.78, 5) is 18.9. The summed E-state index contributed by atoms with van der Waals surface area (Å²) in [5, 5.41) is 8.74. The summed E-state index contributed by atoms with van der Waals surface area (Å²) < 4.78 is 1.87. The van der Waals surface area contributed by atoms with Gasteiger partial charge in [0.15, 0.2) is 0 Å². The van der Waals surface area contributed by atoms with E-state index < -0.39 is 0 Å². The van der Waals surface area contributed by atoms with E-state index in [1.165, 1.54) is 18.4 Å². The summed E-state index contributed by atoms with van der Waals surface area (Å²) in [6.07, 6.45) is 9.84. The Morgan fingerprint density at radius 3 is 2.88 bits per heavy atom. The van der Waals surface area contributed by atoms with Gasteiger partial charge in [0.05, 0.1) is 17.1 Å². The Morgan fingerprint density at radius 1 is 1.16 bits per heavy atom. The summed E-state index contributed by atoms with van der Waals surface area (Å²) in [5.74, 6) is 0.707. The fourth-order valence-electron chi connectivity index (χ4n) is 3.77. The van der Waals surface area contributed by atoms with Gasteiger partial charge in [0.2, 0.25) is 0 Å². The molecule has 3 aromatic rings. The normalized spacial score (nSPS) is 20.3. The van der Waals surface area contributed by atoms with E-state index >= 15 is 0 Å². The van der Waals surface area contributed by atoms with Gasteiger partial charge >= 0.3 is 0 Å². The lowest BCUT2D eigenvalue weighted by Crippen LogP contribution is -2.30. The number of carbonyl (C=O) groups excluding carboxylic acids is 1. The van der Waals surface area contributed by atoms with Crippen LogP contribution in [0, 0.1) is 0 Å². The van der Waals surface area contributed by atoms with Gasteiger partial charge in [-0.15, -0.1) is 5.10 Å². The van der Waals surface area contributed by atoms with Crippen LogP contribution in [0.5, 0.6) is 0 Å². The minimum absolute atomic E-state index is 0.0167. The van der Waals surface area contributed by atoms with Crippen molar-refractivity contribution in [3.05, 3.63) is 59.7 Å². The molecule has 0 N–H and O–H groups in total. The van der Waals surface area contributed by atoms with E-state index in [-0.39, 0.29) is 11.9 Å². The van der Waals surface area contributed by atoms with Gasteiger partial charge in [-0.05, 0) is 55.4 Å². The second kappa shape index (κ2) is 5.65. The van der Waals surface area contributed by atoms with Crippen LogP contribution in [-0.4, -0.2) is 37.2 Å². The first-order valence-electron chi connectivity index (χ1n) is 8.87. The van der Waals surface area contributed by atoms with E-state index in [1.54, 1.807) is 18.5 Å². The van der Waals surface area contributed by atoms with Gasteiger partial charge in [0.25, 0.3) is 5.91 Å². The van der Waals surface area contributed by atoms with Crippen LogP contribution in [0.1, 0.15) is 59.3 Å². The molecule has 1 amide bonds. The maximum Gasteiger partial charge on any atom is 0.255 e. The van der Waals surface area contributed by atoms with Crippen LogP contribution < -0.4 is 0 Å². The topological polar surface area (TPSA) is 63.4 Å². The average Bonchev–Trinajstić information content (AvgIpc) is 3.25. The van der Waals surface area contributed by atoms with Crippen LogP contribution in [-0.2, 0) is 0 Å². The number of fused-ring (bicyclic) bond motifs is 1. The molecule has 126 valence electrons. The molecule has 0 aromatic carbocycles. The molecule has 1 aliphatic carbocycles. The molecule has 5 rings (SSSR count). The summed E-state index contributed by atoms with van der Waals surface area (Å²) in [7, 11) is 0. The predicted molar refractivity (Wildman–Crippen MR) is 92.2 cm³/mol. The maximum atomic E-state index is 12.9. The molecule has 0 bridgehead atoms. The van der Waals surface area contributed by atoms with Crippen LogP contribution in [0.4, 0.5) is 0 Å². The van der Waals surface area contributed by atoms with Crippen molar-refractivity contribution in [3.63, 3.8) is 0 Å². The first kappa shape index (κ1) is 14.6. The standard InChI is InChI=1S/C19H19N5O/c25-19(14-3-1-9-20-11-14)23-10-2-4-16(23)18-17-8-7-15(13-5-6-13)12-24(17)22-21-18/h1,3,7-9,11-13,16H,2,4-6,10H2. The van der Waals surface area contributed by atoms with Crippen molar-refractivity contribution in [3.8, 4) is 0 Å². The zero-order valence-electron chi connectivity index (χ0n) is 13.9. The minimum atomic E-state index is -0.0167. The number of rotatable bonds is 3. The monoisotopic (exact) mass is 333 g/mol. The maximum absolute atomic E-state index is 12.9. The van der Waals surface area contributed by atoms with Crippen molar-refractivity contribution in [2.24, 2.45) is 0 Å². The van der Waals surface area contributed by atoms with E-state index in [0.29, 0.717) is 11.5 Å². The third-order valence-corrected chi connectivity index (χ3v) is 5.25. The molecule has 1 saturated carbocycles. The Kier molecular flexibility index (Phi) is 3.29. The highest BCUT2D eigenvalue weighted by atomic mass is 16.2. The molecular weight excluding hydrogens is 314 g/mol. The highest BCUT2D eigenvalue weighted by Crippen LogP contribution is 2.40. The number of nitrogens with zero attached hydrogens (tertiary/aromatic N) is 5. The SMILES string of the molecule is O=C(c1cccnc1)N1CCCC1c1nnn2cc(C3CC3)ccc12. The lowest BCUT2D eigenvalue weighted by molar-refractivity contribution is 0.0733. The molecule has 1 unspecified atom stereocenters. The van der Waals surface area contributed by atoms with Crippen molar-refractivity contribution in [1.29, 1.82) is 0 Å². The Hall–Kier alpha value is -2.76. The van der Waals surface area contributed by atoms with Gasteiger partial charge < -0.3 is 4.90 Å². The van der Waals surface area contributed by atoms with Crippen LogP contribution >= 0.6 is 0 Å². The van der Waals surface area contributed by atoms with Crippen LogP contribution in [0.25, 0.3) is 5.52 Å². The van der Waals surface area contributed by atoms with Crippen LogP contribution in [0.2, 0.25) is 0 Å². The highest BCUT2D eigenvalue weighted by molar-refractivity contribution is 5.94. The molecule has 1 atom stereocenters. The van der Waals surface area contributed by atoms with Crippen molar-refractivity contribution >= 4 is 11.4 Å². The van der Waals surface area contributed by atoms with Crippen molar-refractivity contribution in [2.75, 3.05) is 6.54 Å². The summed E-state index contributed by atoms with van der Waals surface area (Å²) in [6, 6.07) is 7.88. The third-order valence-electron chi connectivity index (χ3n) is 5.25. The molecule has 3 aromatic heterocycles. The van der Waals surface area contributed by atoms with Crippen molar-refractivity contribution in [2.45, 2.75) is 37.6 Å².